The molecule has 2 fully saturated rings. The molecular formula is C13H22N2O3. The van der Waals surface area contributed by atoms with Crippen LogP contribution in [0.1, 0.15) is 51.4 Å². The molecule has 0 aliphatic heterocycles. The van der Waals surface area contributed by atoms with Gasteiger partial charge in [-0.05, 0) is 25.2 Å². The van der Waals surface area contributed by atoms with Gasteiger partial charge < -0.3 is 15.7 Å². The monoisotopic (exact) mass is 254 g/mol. The van der Waals surface area contributed by atoms with Crippen LogP contribution in [0.15, 0.2) is 0 Å². The van der Waals surface area contributed by atoms with Gasteiger partial charge in [-0.2, -0.15) is 0 Å². The molecule has 0 saturated heterocycles. The van der Waals surface area contributed by atoms with Crippen LogP contribution in [0.3, 0.4) is 0 Å². The van der Waals surface area contributed by atoms with Crippen molar-refractivity contribution in [3.8, 4) is 0 Å². The molecule has 2 saturated carbocycles. The van der Waals surface area contributed by atoms with Gasteiger partial charge in [0.05, 0.1) is 0 Å². The van der Waals surface area contributed by atoms with Gasteiger partial charge in [0, 0.05) is 6.54 Å². The maximum Gasteiger partial charge on any atom is 0.329 e. The SMILES string of the molecule is O=C(NCCC1CC1)NC1(C(=O)O)CCCCC1. The first-order chi connectivity index (χ1) is 8.62. The van der Waals surface area contributed by atoms with Crippen molar-refractivity contribution in [1.82, 2.24) is 10.6 Å². The third-order valence-electron chi connectivity index (χ3n) is 4.00. The normalized spacial score (nSPS) is 22.2. The Morgan fingerprint density at radius 2 is 1.83 bits per heavy atom. The van der Waals surface area contributed by atoms with E-state index in [0.717, 1.165) is 31.6 Å². The molecule has 2 amide bonds. The zero-order valence-electron chi connectivity index (χ0n) is 10.7. The average molecular weight is 254 g/mol. The van der Waals surface area contributed by atoms with Gasteiger partial charge in [0.15, 0.2) is 0 Å². The van der Waals surface area contributed by atoms with E-state index in [9.17, 15) is 14.7 Å². The van der Waals surface area contributed by atoms with Crippen LogP contribution in [0.2, 0.25) is 0 Å². The fourth-order valence-corrected chi connectivity index (χ4v) is 2.61. The lowest BCUT2D eigenvalue weighted by Gasteiger charge is -2.33. The molecule has 2 rings (SSSR count). The number of hydrogen-bond donors (Lipinski definition) is 3. The quantitative estimate of drug-likeness (QED) is 0.701. The number of carbonyl (C=O) groups excluding carboxylic acids is 1. The van der Waals surface area contributed by atoms with Crippen molar-refractivity contribution >= 4 is 12.0 Å². The summed E-state index contributed by atoms with van der Waals surface area (Å²) in [6.45, 7) is 0.645. The first-order valence-corrected chi connectivity index (χ1v) is 6.92. The molecule has 0 aromatic heterocycles. The van der Waals surface area contributed by atoms with Gasteiger partial charge in [-0.3, -0.25) is 0 Å². The topological polar surface area (TPSA) is 78.4 Å². The Bertz CT molecular complexity index is 320. The summed E-state index contributed by atoms with van der Waals surface area (Å²) in [7, 11) is 0. The second kappa shape index (κ2) is 5.59. The summed E-state index contributed by atoms with van der Waals surface area (Å²) in [4.78, 5) is 23.1. The van der Waals surface area contributed by atoms with Crippen LogP contribution in [0, 0.1) is 5.92 Å². The van der Waals surface area contributed by atoms with Crippen molar-refractivity contribution in [2.75, 3.05) is 6.54 Å². The molecule has 5 heteroatoms. The zero-order valence-corrected chi connectivity index (χ0v) is 10.7. The molecule has 0 heterocycles. The average Bonchev–Trinajstić information content (AvgIpc) is 3.14. The van der Waals surface area contributed by atoms with Crippen molar-refractivity contribution in [3.05, 3.63) is 0 Å². The third-order valence-corrected chi connectivity index (χ3v) is 4.00. The number of rotatable bonds is 5. The number of carboxylic acid groups (broad SMARTS) is 1. The first kappa shape index (κ1) is 13.2. The summed E-state index contributed by atoms with van der Waals surface area (Å²) >= 11 is 0. The minimum Gasteiger partial charge on any atom is -0.480 e. The van der Waals surface area contributed by atoms with Crippen LogP contribution in [0.25, 0.3) is 0 Å². The lowest BCUT2D eigenvalue weighted by atomic mass is 9.82. The fraction of sp³-hybridized carbons (Fsp3) is 0.846. The van der Waals surface area contributed by atoms with Crippen LogP contribution in [-0.4, -0.2) is 29.2 Å². The number of carbonyl (C=O) groups is 2. The largest absolute Gasteiger partial charge is 0.480 e. The van der Waals surface area contributed by atoms with E-state index in [2.05, 4.69) is 10.6 Å². The van der Waals surface area contributed by atoms with Crippen LogP contribution >= 0.6 is 0 Å². The van der Waals surface area contributed by atoms with Crippen molar-refractivity contribution in [1.29, 1.82) is 0 Å². The Morgan fingerprint density at radius 1 is 1.17 bits per heavy atom. The maximum atomic E-state index is 11.7. The third kappa shape index (κ3) is 3.37. The summed E-state index contributed by atoms with van der Waals surface area (Å²) in [6.07, 6.45) is 7.41. The molecule has 0 spiro atoms. The van der Waals surface area contributed by atoms with E-state index in [1.807, 2.05) is 0 Å². The molecule has 0 unspecified atom stereocenters. The number of urea groups is 1. The maximum absolute atomic E-state index is 11.7. The van der Waals surface area contributed by atoms with E-state index in [4.69, 9.17) is 0 Å². The van der Waals surface area contributed by atoms with Crippen LogP contribution in [0.4, 0.5) is 4.79 Å². The molecule has 102 valence electrons. The van der Waals surface area contributed by atoms with Crippen molar-refractivity contribution < 1.29 is 14.7 Å². The van der Waals surface area contributed by atoms with Crippen LogP contribution < -0.4 is 10.6 Å². The summed E-state index contributed by atoms with van der Waals surface area (Å²) < 4.78 is 0. The van der Waals surface area contributed by atoms with Gasteiger partial charge in [-0.1, -0.05) is 32.1 Å². The second-order valence-electron chi connectivity index (χ2n) is 5.56. The molecule has 2 aliphatic rings. The molecule has 5 nitrogen and oxygen atoms in total. The van der Waals surface area contributed by atoms with Gasteiger partial charge in [-0.15, -0.1) is 0 Å². The molecule has 0 bridgehead atoms. The van der Waals surface area contributed by atoms with E-state index in [1.165, 1.54) is 12.8 Å². The van der Waals surface area contributed by atoms with E-state index in [-0.39, 0.29) is 6.03 Å². The Balaban J connectivity index is 1.79. The second-order valence-corrected chi connectivity index (χ2v) is 5.56. The summed E-state index contributed by atoms with van der Waals surface area (Å²) in [5.74, 6) is -0.132. The molecule has 18 heavy (non-hydrogen) atoms. The number of amides is 2. The molecule has 0 aromatic carbocycles. The van der Waals surface area contributed by atoms with E-state index in [0.29, 0.717) is 19.4 Å². The van der Waals surface area contributed by atoms with Gasteiger partial charge in [-0.25, -0.2) is 9.59 Å². The highest BCUT2D eigenvalue weighted by Crippen LogP contribution is 2.31. The predicted molar refractivity (Wildman–Crippen MR) is 67.3 cm³/mol. The van der Waals surface area contributed by atoms with E-state index >= 15 is 0 Å². The summed E-state index contributed by atoms with van der Waals surface area (Å²) in [5.41, 5.74) is -1.04. The fourth-order valence-electron chi connectivity index (χ4n) is 2.61. The molecular weight excluding hydrogens is 232 g/mol. The first-order valence-electron chi connectivity index (χ1n) is 6.92. The predicted octanol–water partition coefficient (Wildman–Crippen LogP) is 1.87. The van der Waals surface area contributed by atoms with E-state index < -0.39 is 11.5 Å². The van der Waals surface area contributed by atoms with Gasteiger partial charge >= 0.3 is 12.0 Å². The highest BCUT2D eigenvalue weighted by Gasteiger charge is 2.40. The highest BCUT2D eigenvalue weighted by atomic mass is 16.4. The Morgan fingerprint density at radius 3 is 2.39 bits per heavy atom. The van der Waals surface area contributed by atoms with Gasteiger partial charge in [0.25, 0.3) is 0 Å². The summed E-state index contributed by atoms with van der Waals surface area (Å²) in [6, 6.07) is -0.333. The van der Waals surface area contributed by atoms with Gasteiger partial charge in [0.1, 0.15) is 5.54 Å². The Kier molecular flexibility index (Phi) is 4.09. The van der Waals surface area contributed by atoms with Crippen molar-refractivity contribution in [2.24, 2.45) is 5.92 Å². The Labute approximate surface area is 107 Å². The summed E-state index contributed by atoms with van der Waals surface area (Å²) in [5, 5.41) is 14.8. The lowest BCUT2D eigenvalue weighted by Crippen LogP contribution is -2.58. The smallest absolute Gasteiger partial charge is 0.329 e. The van der Waals surface area contributed by atoms with Gasteiger partial charge in [0.2, 0.25) is 0 Å². The minimum absolute atomic E-state index is 0.333. The zero-order chi connectivity index (χ0) is 13.0. The number of carboxylic acids is 1. The Hall–Kier alpha value is -1.26. The number of nitrogens with one attached hydrogen (secondary N) is 2. The molecule has 3 N–H and O–H groups in total. The standard InChI is InChI=1S/C13H22N2O3/c16-11(17)13(7-2-1-3-8-13)15-12(18)14-9-6-10-4-5-10/h10H,1-9H2,(H,16,17)(H2,14,15,18). The minimum atomic E-state index is -1.04. The van der Waals surface area contributed by atoms with E-state index in [1.54, 1.807) is 0 Å². The number of hydrogen-bond acceptors (Lipinski definition) is 2. The van der Waals surface area contributed by atoms with Crippen molar-refractivity contribution in [3.63, 3.8) is 0 Å². The highest BCUT2D eigenvalue weighted by molar-refractivity contribution is 5.86. The van der Waals surface area contributed by atoms with Crippen LogP contribution in [-0.2, 0) is 4.79 Å². The molecule has 2 aliphatic carbocycles. The van der Waals surface area contributed by atoms with Crippen LogP contribution in [0.5, 0.6) is 0 Å². The van der Waals surface area contributed by atoms with Crippen molar-refractivity contribution in [2.45, 2.75) is 56.9 Å². The lowest BCUT2D eigenvalue weighted by molar-refractivity contribution is -0.145. The molecule has 0 radical (unpaired) electrons. The molecule has 0 aromatic rings. The number of aliphatic carboxylic acids is 1. The molecule has 0 atom stereocenters.